The molecule has 4 aromatic carbocycles. The summed E-state index contributed by atoms with van der Waals surface area (Å²) in [6, 6.07) is 26.5. The molecule has 0 fully saturated rings. The zero-order valence-electron chi connectivity index (χ0n) is 14.9. The number of nitrogens with zero attached hydrogens (tertiary/aromatic N) is 2. The summed E-state index contributed by atoms with van der Waals surface area (Å²) in [4.78, 5) is 9.15. The summed E-state index contributed by atoms with van der Waals surface area (Å²) in [5.74, 6) is 0.256. The molecule has 6 rings (SSSR count). The van der Waals surface area contributed by atoms with Crippen LogP contribution in [-0.2, 0) is 0 Å². The molecule has 0 atom stereocenters. The number of hydrogen-bond acceptors (Lipinski definition) is 4. The molecular weight excluding hydrogens is 346 g/mol. The van der Waals surface area contributed by atoms with E-state index in [2.05, 4.69) is 46.4 Å². The van der Waals surface area contributed by atoms with Crippen LogP contribution in [0.2, 0.25) is 0 Å². The molecule has 2 N–H and O–H groups in total. The van der Waals surface area contributed by atoms with Gasteiger partial charge in [-0.2, -0.15) is 0 Å². The van der Waals surface area contributed by atoms with Crippen molar-refractivity contribution in [2.24, 2.45) is 0 Å². The first-order valence-corrected chi connectivity index (χ1v) is 9.15. The Balaban J connectivity index is 1.77. The molecule has 0 aliphatic carbocycles. The molecule has 4 nitrogen and oxygen atoms in total. The zero-order chi connectivity index (χ0) is 18.7. The van der Waals surface area contributed by atoms with Crippen LogP contribution in [0, 0.1) is 0 Å². The fourth-order valence-electron chi connectivity index (χ4n) is 4.02. The van der Waals surface area contributed by atoms with Gasteiger partial charge in [0.05, 0.1) is 11.2 Å². The Labute approximate surface area is 160 Å². The first kappa shape index (κ1) is 15.2. The van der Waals surface area contributed by atoms with Gasteiger partial charge in [0.15, 0.2) is 0 Å². The van der Waals surface area contributed by atoms with Crippen LogP contribution in [0.15, 0.2) is 83.3 Å². The highest BCUT2D eigenvalue weighted by molar-refractivity contribution is 6.14. The zero-order valence-corrected chi connectivity index (χ0v) is 14.9. The molecule has 0 unspecified atom stereocenters. The summed E-state index contributed by atoms with van der Waals surface area (Å²) >= 11 is 0. The van der Waals surface area contributed by atoms with Gasteiger partial charge in [-0.1, -0.05) is 60.7 Å². The molecule has 4 heteroatoms. The molecule has 132 valence electrons. The Morgan fingerprint density at radius 2 is 1.43 bits per heavy atom. The lowest BCUT2D eigenvalue weighted by molar-refractivity contribution is 0.670. The monoisotopic (exact) mass is 361 g/mol. The maximum atomic E-state index is 6.21. The van der Waals surface area contributed by atoms with Crippen molar-refractivity contribution in [1.82, 2.24) is 9.97 Å². The largest absolute Gasteiger partial charge is 0.455 e. The third-order valence-electron chi connectivity index (χ3n) is 5.27. The van der Waals surface area contributed by atoms with Crippen molar-refractivity contribution in [2.45, 2.75) is 0 Å². The topological polar surface area (TPSA) is 64.9 Å². The molecule has 0 bridgehead atoms. The lowest BCUT2D eigenvalue weighted by atomic mass is 10.0. The molecule has 0 spiro atoms. The van der Waals surface area contributed by atoms with E-state index in [1.165, 1.54) is 0 Å². The predicted octanol–water partition coefficient (Wildman–Crippen LogP) is 5.93. The Morgan fingerprint density at radius 3 is 2.36 bits per heavy atom. The van der Waals surface area contributed by atoms with Crippen LogP contribution in [0.3, 0.4) is 0 Å². The maximum Gasteiger partial charge on any atom is 0.221 e. The van der Waals surface area contributed by atoms with E-state index in [1.54, 1.807) is 0 Å². The molecule has 0 aliphatic rings. The quantitative estimate of drug-likeness (QED) is 0.369. The first-order chi connectivity index (χ1) is 13.8. The second kappa shape index (κ2) is 5.54. The molecular formula is C24H15N3O. The molecule has 6 aromatic rings. The smallest absolute Gasteiger partial charge is 0.221 e. The SMILES string of the molecule is Nc1nc(-c2cccc3c2oc2ccccc23)c2ccc3ccccc3c2n1. The number of benzene rings is 4. The second-order valence-electron chi connectivity index (χ2n) is 6.89. The standard InChI is InChI=1S/C24H15N3O/c25-24-26-21-15-7-2-1-6-14(15)12-13-18(21)22(27-24)19-10-5-9-17-16-8-3-4-11-20(16)28-23(17)19/h1-13H,(H2,25,26,27). The predicted molar refractivity (Wildman–Crippen MR) is 114 cm³/mol. The van der Waals surface area contributed by atoms with Crippen molar-refractivity contribution in [3.63, 3.8) is 0 Å². The number of hydrogen-bond donors (Lipinski definition) is 1. The van der Waals surface area contributed by atoms with Gasteiger partial charge in [0.2, 0.25) is 5.95 Å². The average molecular weight is 361 g/mol. The molecule has 2 heterocycles. The fraction of sp³-hybridized carbons (Fsp3) is 0. The normalized spacial score (nSPS) is 11.7. The number of nitrogens with two attached hydrogens (primary N) is 1. The summed E-state index contributed by atoms with van der Waals surface area (Å²) in [5, 5.41) is 5.31. The fourth-order valence-corrected chi connectivity index (χ4v) is 4.02. The van der Waals surface area contributed by atoms with E-state index >= 15 is 0 Å². The highest BCUT2D eigenvalue weighted by atomic mass is 16.3. The van der Waals surface area contributed by atoms with Gasteiger partial charge >= 0.3 is 0 Å². The van der Waals surface area contributed by atoms with E-state index in [1.807, 2.05) is 42.5 Å². The van der Waals surface area contributed by atoms with Crippen molar-refractivity contribution >= 4 is 49.6 Å². The van der Waals surface area contributed by atoms with Gasteiger partial charge in [-0.15, -0.1) is 0 Å². The molecule has 0 radical (unpaired) electrons. The van der Waals surface area contributed by atoms with Crippen molar-refractivity contribution < 1.29 is 4.42 Å². The Kier molecular flexibility index (Phi) is 3.00. The molecule has 2 aromatic heterocycles. The highest BCUT2D eigenvalue weighted by Crippen LogP contribution is 2.38. The Bertz CT molecular complexity index is 1530. The van der Waals surface area contributed by atoms with Crippen LogP contribution in [-0.4, -0.2) is 9.97 Å². The van der Waals surface area contributed by atoms with Gasteiger partial charge < -0.3 is 10.2 Å². The minimum Gasteiger partial charge on any atom is -0.455 e. The third-order valence-corrected chi connectivity index (χ3v) is 5.27. The van der Waals surface area contributed by atoms with E-state index < -0.39 is 0 Å². The van der Waals surface area contributed by atoms with Gasteiger partial charge in [-0.3, -0.25) is 0 Å². The Morgan fingerprint density at radius 1 is 0.643 bits per heavy atom. The van der Waals surface area contributed by atoms with Crippen LogP contribution in [0.5, 0.6) is 0 Å². The lowest BCUT2D eigenvalue weighted by Crippen LogP contribution is -1.98. The van der Waals surface area contributed by atoms with E-state index in [-0.39, 0.29) is 5.95 Å². The molecule has 0 amide bonds. The molecule has 0 saturated carbocycles. The number of rotatable bonds is 1. The first-order valence-electron chi connectivity index (χ1n) is 9.15. The van der Waals surface area contributed by atoms with Crippen LogP contribution in [0.1, 0.15) is 0 Å². The lowest BCUT2D eigenvalue weighted by Gasteiger charge is -2.09. The van der Waals surface area contributed by atoms with E-state index in [9.17, 15) is 0 Å². The highest BCUT2D eigenvalue weighted by Gasteiger charge is 2.17. The number of aromatic nitrogens is 2. The summed E-state index contributed by atoms with van der Waals surface area (Å²) in [5.41, 5.74) is 10.4. The number of para-hydroxylation sites is 2. The van der Waals surface area contributed by atoms with E-state index in [4.69, 9.17) is 10.2 Å². The second-order valence-corrected chi connectivity index (χ2v) is 6.89. The van der Waals surface area contributed by atoms with Gasteiger partial charge in [-0.25, -0.2) is 9.97 Å². The number of fused-ring (bicyclic) bond motifs is 6. The summed E-state index contributed by atoms with van der Waals surface area (Å²) in [6.07, 6.45) is 0. The van der Waals surface area contributed by atoms with E-state index in [0.717, 1.165) is 54.9 Å². The van der Waals surface area contributed by atoms with Crippen molar-refractivity contribution in [2.75, 3.05) is 5.73 Å². The van der Waals surface area contributed by atoms with Gasteiger partial charge in [-0.05, 0) is 23.6 Å². The van der Waals surface area contributed by atoms with Gasteiger partial charge in [0.1, 0.15) is 11.2 Å². The number of nitrogen functional groups attached to an aromatic ring is 1. The van der Waals surface area contributed by atoms with Crippen LogP contribution in [0.4, 0.5) is 5.95 Å². The summed E-state index contributed by atoms with van der Waals surface area (Å²) in [7, 11) is 0. The number of anilines is 1. The van der Waals surface area contributed by atoms with Gasteiger partial charge in [0.25, 0.3) is 0 Å². The van der Waals surface area contributed by atoms with Crippen LogP contribution < -0.4 is 5.73 Å². The van der Waals surface area contributed by atoms with Crippen molar-refractivity contribution in [3.8, 4) is 11.3 Å². The van der Waals surface area contributed by atoms with Gasteiger partial charge in [0, 0.05) is 27.1 Å². The van der Waals surface area contributed by atoms with Crippen molar-refractivity contribution in [1.29, 1.82) is 0 Å². The minimum absolute atomic E-state index is 0.256. The van der Waals surface area contributed by atoms with E-state index in [0.29, 0.717) is 0 Å². The maximum absolute atomic E-state index is 6.21. The molecule has 28 heavy (non-hydrogen) atoms. The Hall–Kier alpha value is -3.92. The molecule has 0 saturated heterocycles. The molecule has 0 aliphatic heterocycles. The summed E-state index contributed by atoms with van der Waals surface area (Å²) < 4.78 is 6.21. The van der Waals surface area contributed by atoms with Crippen LogP contribution >= 0.6 is 0 Å². The number of furan rings is 1. The summed E-state index contributed by atoms with van der Waals surface area (Å²) in [6.45, 7) is 0. The van der Waals surface area contributed by atoms with Crippen LogP contribution in [0.25, 0.3) is 54.9 Å². The third kappa shape index (κ3) is 2.06. The van der Waals surface area contributed by atoms with Crippen molar-refractivity contribution in [3.05, 3.63) is 78.9 Å². The average Bonchev–Trinajstić information content (AvgIpc) is 3.12. The minimum atomic E-state index is 0.256.